The van der Waals surface area contributed by atoms with Crippen molar-refractivity contribution in [3.63, 3.8) is 0 Å². The smallest absolute Gasteiger partial charge is 0.337 e. The molecule has 112 valence electrons. The average Bonchev–Trinajstić information content (AvgIpc) is 2.67. The lowest BCUT2D eigenvalue weighted by Gasteiger charge is -2.10. The maximum atomic E-state index is 11.5. The summed E-state index contributed by atoms with van der Waals surface area (Å²) in [5.41, 5.74) is 2.40. The Morgan fingerprint density at radius 2 is 1.90 bits per heavy atom. The van der Waals surface area contributed by atoms with Crippen LogP contribution in [0.5, 0.6) is 0 Å². The molecule has 0 atom stereocenters. The monoisotopic (exact) mass is 286 g/mol. The second kappa shape index (κ2) is 4.09. The molecule has 1 fully saturated rings. The highest BCUT2D eigenvalue weighted by atomic mass is 16.4. The molecule has 1 aromatic heterocycles. The fourth-order valence-corrected chi connectivity index (χ4v) is 3.67. The lowest BCUT2D eigenvalue weighted by molar-refractivity contribution is 0.0698. The molecule has 21 heavy (non-hydrogen) atoms. The van der Waals surface area contributed by atoms with Gasteiger partial charge in [-0.3, -0.25) is 0 Å². The van der Waals surface area contributed by atoms with Crippen molar-refractivity contribution < 1.29 is 9.90 Å². The number of hydrogen-bond donors (Lipinski definition) is 1. The summed E-state index contributed by atoms with van der Waals surface area (Å²) in [5.74, 6) is 0.524. The van der Waals surface area contributed by atoms with Gasteiger partial charge in [0, 0.05) is 6.54 Å². The predicted molar refractivity (Wildman–Crippen MR) is 82.5 cm³/mol. The van der Waals surface area contributed by atoms with Gasteiger partial charge in [0.05, 0.1) is 16.6 Å². The van der Waals surface area contributed by atoms with Gasteiger partial charge >= 0.3 is 5.97 Å². The van der Waals surface area contributed by atoms with Gasteiger partial charge in [0.15, 0.2) is 0 Å². The minimum Gasteiger partial charge on any atom is -0.478 e. The van der Waals surface area contributed by atoms with Crippen LogP contribution < -0.4 is 0 Å². The molecule has 1 aliphatic carbocycles. The zero-order chi connectivity index (χ0) is 15.6. The van der Waals surface area contributed by atoms with Gasteiger partial charge in [0.1, 0.15) is 5.82 Å². The average molecular weight is 286 g/mol. The van der Waals surface area contributed by atoms with Crippen LogP contribution >= 0.6 is 0 Å². The molecule has 1 N–H and O–H groups in total. The molecule has 1 heterocycles. The van der Waals surface area contributed by atoms with Crippen LogP contribution in [0.25, 0.3) is 11.0 Å². The Bertz CT molecular complexity index is 727. The van der Waals surface area contributed by atoms with E-state index in [0.717, 1.165) is 23.4 Å². The van der Waals surface area contributed by atoms with Crippen molar-refractivity contribution in [3.05, 3.63) is 29.6 Å². The molecule has 1 saturated carbocycles. The van der Waals surface area contributed by atoms with E-state index in [1.165, 1.54) is 0 Å². The highest BCUT2D eigenvalue weighted by Crippen LogP contribution is 2.69. The Kier molecular flexibility index (Phi) is 2.75. The van der Waals surface area contributed by atoms with Gasteiger partial charge in [-0.05, 0) is 35.8 Å². The summed E-state index contributed by atoms with van der Waals surface area (Å²) in [6, 6.07) is 5.30. The number of aromatic nitrogens is 2. The number of carboxylic acid groups (broad SMARTS) is 1. The van der Waals surface area contributed by atoms with Crippen LogP contribution in [0.3, 0.4) is 0 Å². The minimum atomic E-state index is -0.893. The topological polar surface area (TPSA) is 55.1 Å². The van der Waals surface area contributed by atoms with Gasteiger partial charge in [0.2, 0.25) is 0 Å². The molecule has 0 unspecified atom stereocenters. The molecule has 1 aliphatic rings. The van der Waals surface area contributed by atoms with Crippen molar-refractivity contribution in [1.82, 2.24) is 9.55 Å². The number of rotatable bonds is 3. The zero-order valence-corrected chi connectivity index (χ0v) is 13.3. The molecule has 4 nitrogen and oxygen atoms in total. The van der Waals surface area contributed by atoms with Crippen LogP contribution in [0.2, 0.25) is 0 Å². The van der Waals surface area contributed by atoms with E-state index in [-0.39, 0.29) is 10.8 Å². The second-order valence-electron chi connectivity index (χ2n) is 7.24. The van der Waals surface area contributed by atoms with Gasteiger partial charge in [-0.25, -0.2) is 9.78 Å². The van der Waals surface area contributed by atoms with Gasteiger partial charge < -0.3 is 9.67 Å². The molecule has 3 rings (SSSR count). The third-order valence-electron chi connectivity index (χ3n) is 5.87. The van der Waals surface area contributed by atoms with Gasteiger partial charge in [-0.1, -0.05) is 33.8 Å². The molecule has 1 aromatic carbocycles. The molecule has 0 saturated heterocycles. The number of aromatic carboxylic acids is 1. The van der Waals surface area contributed by atoms with E-state index < -0.39 is 5.97 Å². The maximum Gasteiger partial charge on any atom is 0.337 e. The summed E-state index contributed by atoms with van der Waals surface area (Å²) in [6.07, 6.45) is 0. The summed E-state index contributed by atoms with van der Waals surface area (Å²) in [4.78, 5) is 16.0. The first kappa shape index (κ1) is 14.1. The minimum absolute atomic E-state index is 0.272. The zero-order valence-electron chi connectivity index (χ0n) is 13.3. The third kappa shape index (κ3) is 1.81. The number of carboxylic acids is 1. The van der Waals surface area contributed by atoms with Crippen LogP contribution in [0.4, 0.5) is 0 Å². The van der Waals surface area contributed by atoms with Gasteiger partial charge in [-0.2, -0.15) is 0 Å². The number of benzene rings is 1. The summed E-state index contributed by atoms with van der Waals surface area (Å²) < 4.78 is 2.08. The molecule has 0 aliphatic heterocycles. The van der Waals surface area contributed by atoms with Crippen LogP contribution in [0.15, 0.2) is 18.2 Å². The van der Waals surface area contributed by atoms with E-state index >= 15 is 0 Å². The van der Waals surface area contributed by atoms with Crippen molar-refractivity contribution in [1.29, 1.82) is 0 Å². The van der Waals surface area contributed by atoms with Crippen LogP contribution in [0.1, 0.15) is 43.9 Å². The normalized spacial score (nSPS) is 19.9. The first-order chi connectivity index (χ1) is 9.68. The summed E-state index contributed by atoms with van der Waals surface area (Å²) in [7, 11) is 0. The first-order valence-corrected chi connectivity index (χ1v) is 7.37. The SMILES string of the molecule is Cc1nc2cccc(C(=O)O)c2n1CC1C(C)(C)C1(C)C. The van der Waals surface area contributed by atoms with E-state index in [9.17, 15) is 9.90 Å². The quantitative estimate of drug-likeness (QED) is 0.935. The lowest BCUT2D eigenvalue weighted by atomic mass is 10.0. The number of fused-ring (bicyclic) bond motifs is 1. The third-order valence-corrected chi connectivity index (χ3v) is 5.87. The Morgan fingerprint density at radius 1 is 1.29 bits per heavy atom. The number of nitrogens with zero attached hydrogens (tertiary/aromatic N) is 2. The van der Waals surface area contributed by atoms with Crippen LogP contribution in [-0.2, 0) is 6.54 Å². The van der Waals surface area contributed by atoms with Crippen LogP contribution in [0, 0.1) is 23.7 Å². The number of imidazole rings is 1. The van der Waals surface area contributed by atoms with Gasteiger partial charge in [-0.15, -0.1) is 0 Å². The highest BCUT2D eigenvalue weighted by Gasteiger charge is 2.64. The number of hydrogen-bond acceptors (Lipinski definition) is 2. The fraction of sp³-hybridized carbons (Fsp3) is 0.529. The maximum absolute atomic E-state index is 11.5. The predicted octanol–water partition coefficient (Wildman–Crippen LogP) is 3.73. The Balaban J connectivity index is 2.11. The largest absolute Gasteiger partial charge is 0.478 e. The van der Waals surface area contributed by atoms with Crippen molar-refractivity contribution in [2.45, 2.75) is 41.2 Å². The summed E-state index contributed by atoms with van der Waals surface area (Å²) in [5, 5.41) is 9.43. The number of aryl methyl sites for hydroxylation is 1. The Labute approximate surface area is 124 Å². The fourth-order valence-electron chi connectivity index (χ4n) is 3.67. The van der Waals surface area contributed by atoms with E-state index in [4.69, 9.17) is 0 Å². The van der Waals surface area contributed by atoms with Crippen molar-refractivity contribution in [3.8, 4) is 0 Å². The first-order valence-electron chi connectivity index (χ1n) is 7.37. The molecule has 0 spiro atoms. The molecule has 4 heteroatoms. The van der Waals surface area contributed by atoms with E-state index in [1.54, 1.807) is 12.1 Å². The van der Waals surface area contributed by atoms with Crippen molar-refractivity contribution in [2.24, 2.45) is 16.7 Å². The second-order valence-corrected chi connectivity index (χ2v) is 7.24. The standard InChI is InChI=1S/C17H22N2O2/c1-10-18-12-8-6-7-11(15(20)21)14(12)19(10)9-13-16(2,3)17(13,4)5/h6-8,13H,9H2,1-5H3,(H,20,21). The molecule has 2 aromatic rings. The van der Waals surface area contributed by atoms with Crippen LogP contribution in [-0.4, -0.2) is 20.6 Å². The van der Waals surface area contributed by atoms with Crippen molar-refractivity contribution in [2.75, 3.05) is 0 Å². The number of para-hydroxylation sites is 1. The molecule has 0 bridgehead atoms. The van der Waals surface area contributed by atoms with E-state index in [1.807, 2.05) is 13.0 Å². The lowest BCUT2D eigenvalue weighted by Crippen LogP contribution is -2.09. The highest BCUT2D eigenvalue weighted by molar-refractivity contribution is 6.01. The summed E-state index contributed by atoms with van der Waals surface area (Å²) in [6.45, 7) is 11.9. The van der Waals surface area contributed by atoms with Crippen molar-refractivity contribution >= 4 is 17.0 Å². The molecule has 0 amide bonds. The van der Waals surface area contributed by atoms with Gasteiger partial charge in [0.25, 0.3) is 0 Å². The van der Waals surface area contributed by atoms with E-state index in [0.29, 0.717) is 11.5 Å². The molecular formula is C17H22N2O2. The van der Waals surface area contributed by atoms with E-state index in [2.05, 4.69) is 37.2 Å². The summed E-state index contributed by atoms with van der Waals surface area (Å²) >= 11 is 0. The molecular weight excluding hydrogens is 264 g/mol. The number of carbonyl (C=O) groups is 1. The Hall–Kier alpha value is -1.84. The Morgan fingerprint density at radius 3 is 2.43 bits per heavy atom. The molecule has 0 radical (unpaired) electrons.